The molecule has 0 aliphatic carbocycles. The summed E-state index contributed by atoms with van der Waals surface area (Å²) in [5.74, 6) is -4.33. The van der Waals surface area contributed by atoms with Gasteiger partial charge in [0.15, 0.2) is 22.8 Å². The third kappa shape index (κ3) is 25.4. The molecule has 30 heteroatoms. The number of thioether (sulfide) groups is 1. The van der Waals surface area contributed by atoms with Crippen molar-refractivity contribution in [3.63, 3.8) is 0 Å². The molecule has 76 heavy (non-hydrogen) atoms. The molecule has 2 aromatic heterocycles. The van der Waals surface area contributed by atoms with E-state index in [0.29, 0.717) is 6.42 Å². The van der Waals surface area contributed by atoms with Gasteiger partial charge in [-0.05, 0) is 6.42 Å². The molecule has 1 saturated heterocycles. The quantitative estimate of drug-likeness (QED) is 0.0362. The average molecular weight is 1160 g/mol. The molecule has 0 spiro atoms. The molecular formula is C46H77N7O19P3S-5. The Labute approximate surface area is 448 Å². The number of phosphoric ester groups is 3. The van der Waals surface area contributed by atoms with Crippen molar-refractivity contribution in [2.24, 2.45) is 11.3 Å². The van der Waals surface area contributed by atoms with Gasteiger partial charge < -0.3 is 78.9 Å². The third-order valence-corrected chi connectivity index (χ3v) is 16.6. The van der Waals surface area contributed by atoms with Crippen molar-refractivity contribution in [1.29, 1.82) is 0 Å². The molecule has 2 amide bonds. The lowest BCUT2D eigenvalue weighted by Crippen LogP contribution is -2.46. The van der Waals surface area contributed by atoms with E-state index < -0.39 is 102 Å². The first-order valence-electron chi connectivity index (χ1n) is 26.1. The molecular weight excluding hydrogens is 1080 g/mol. The number of nitrogens with two attached hydrogens (primary N) is 1. The van der Waals surface area contributed by atoms with Crippen LogP contribution in [-0.4, -0.2) is 109 Å². The minimum atomic E-state index is -5.95. The first kappa shape index (κ1) is 67.3. The number of hydrogen-bond acceptors (Lipinski definition) is 24. The number of unbranched alkanes of at least 4 members (excludes halogenated alkanes) is 19. The number of imidazole rings is 1. The maximum Gasteiger partial charge on any atom is 0.274 e. The average Bonchev–Trinajstić information content (AvgIpc) is 3.91. The molecule has 1 aliphatic rings. The number of nitrogen functional groups attached to an aromatic ring is 1. The first-order valence-corrected chi connectivity index (χ1v) is 31.4. The molecule has 1 aliphatic heterocycles. The Hall–Kier alpha value is -2.97. The van der Waals surface area contributed by atoms with Gasteiger partial charge in [0.1, 0.15) is 36.3 Å². The van der Waals surface area contributed by atoms with Crippen LogP contribution in [0.4, 0.5) is 5.82 Å². The predicted molar refractivity (Wildman–Crippen MR) is 269 cm³/mol. The standard InChI is InChI=1S/C46H82N7O19P3S/c1-4-5-6-7-8-9-10-11-12-13-14-15-16-17-18-19-20-21-22-23-24-33(44(58)59)45(60)76-28-27-48-35(54)25-26-49-42(57)39(56)46(2,3)30-69-75(66,67)72-74(64,65)68-29-34-38(71-73(61,62)63)37(55)43(70-34)53-32-52-36-40(47)50-31-51-41(36)53/h31-34,37-39,43,55-56H,4-30H2,1-3H3,(H,48,54)(H,49,57)(H,58,59)(H,64,65)(H,66,67)(H2,47,50,51)(H2,61,62,63)/p-5/t33?,34-,37-,38-,39+,43-/m1/s1. The van der Waals surface area contributed by atoms with Crippen molar-refractivity contribution >= 4 is 75.1 Å². The molecule has 0 bridgehead atoms. The Morgan fingerprint density at radius 1 is 0.816 bits per heavy atom. The number of aliphatic hydroxyl groups is 2. The molecule has 436 valence electrons. The van der Waals surface area contributed by atoms with Crippen LogP contribution >= 0.6 is 35.2 Å². The third-order valence-electron chi connectivity index (χ3n) is 12.6. The summed E-state index contributed by atoms with van der Waals surface area (Å²) in [6, 6.07) is 0. The summed E-state index contributed by atoms with van der Waals surface area (Å²) in [5.41, 5.74) is 4.02. The largest absolute Gasteiger partial charge is 0.790 e. The molecule has 2 aromatic rings. The van der Waals surface area contributed by atoms with E-state index in [9.17, 15) is 67.8 Å². The van der Waals surface area contributed by atoms with Crippen molar-refractivity contribution in [1.82, 2.24) is 30.2 Å². The van der Waals surface area contributed by atoms with E-state index in [1.807, 2.05) is 0 Å². The van der Waals surface area contributed by atoms with Crippen LogP contribution in [0, 0.1) is 11.3 Å². The van der Waals surface area contributed by atoms with E-state index >= 15 is 0 Å². The Kier molecular flexibility index (Phi) is 30.3. The molecule has 0 aromatic carbocycles. The van der Waals surface area contributed by atoms with E-state index in [-0.39, 0.29) is 48.7 Å². The molecule has 26 nitrogen and oxygen atoms in total. The van der Waals surface area contributed by atoms with Gasteiger partial charge in [-0.25, -0.2) is 19.3 Å². The SMILES string of the molecule is CCCCCCCCCCCCCCCCCCCCCCC(C(=O)[O-])C(=O)SCCNC(=O)CCNC(=O)[C@H](O)C(C)(C)COP(=O)([O-])OP(=O)([O-])OC[C@H]1O[C@@H](n2cnc3c(N)ncnc32)[C@H](O)[C@@H]1OP(=O)([O-])[O-]. The van der Waals surface area contributed by atoms with Crippen LogP contribution in [0.15, 0.2) is 12.7 Å². The lowest BCUT2D eigenvalue weighted by atomic mass is 9.87. The molecule has 8 atom stereocenters. The molecule has 3 heterocycles. The number of anilines is 1. The topological polar surface area (TPSA) is 415 Å². The smallest absolute Gasteiger partial charge is 0.274 e. The van der Waals surface area contributed by atoms with Crippen LogP contribution in [0.2, 0.25) is 0 Å². The van der Waals surface area contributed by atoms with Crippen molar-refractivity contribution in [3.05, 3.63) is 12.7 Å². The number of amides is 2. The van der Waals surface area contributed by atoms with Gasteiger partial charge in [-0.2, -0.15) is 0 Å². The minimum Gasteiger partial charge on any atom is -0.790 e. The number of aliphatic hydroxyl groups excluding tert-OH is 2. The number of rotatable bonds is 42. The van der Waals surface area contributed by atoms with E-state index in [1.165, 1.54) is 110 Å². The fourth-order valence-electron chi connectivity index (χ4n) is 8.30. The second kappa shape index (κ2) is 34.2. The number of aromatic nitrogens is 4. The fourth-order valence-corrected chi connectivity index (χ4v) is 11.9. The summed E-state index contributed by atoms with van der Waals surface area (Å²) in [6.07, 6.45) is 16.8. The van der Waals surface area contributed by atoms with Crippen LogP contribution in [0.1, 0.15) is 168 Å². The number of carbonyl (C=O) groups excluding carboxylic acids is 4. The zero-order valence-corrected chi connectivity index (χ0v) is 47.2. The van der Waals surface area contributed by atoms with Crippen LogP contribution in [0.5, 0.6) is 0 Å². The lowest BCUT2D eigenvalue weighted by Gasteiger charge is -2.36. The van der Waals surface area contributed by atoms with Crippen molar-refractivity contribution < 1.29 is 90.4 Å². The van der Waals surface area contributed by atoms with E-state index in [2.05, 4.69) is 50.4 Å². The number of nitrogens with one attached hydrogen (secondary N) is 2. The van der Waals surface area contributed by atoms with Crippen LogP contribution in [0.25, 0.3) is 11.2 Å². The molecule has 3 unspecified atom stereocenters. The minimum absolute atomic E-state index is 0.00316. The van der Waals surface area contributed by atoms with Gasteiger partial charge in [0, 0.05) is 30.7 Å². The van der Waals surface area contributed by atoms with E-state index in [0.717, 1.165) is 54.7 Å². The summed E-state index contributed by atoms with van der Waals surface area (Å²) in [4.78, 5) is 109. The number of carboxylic acid groups (broad SMARTS) is 1. The Morgan fingerprint density at radius 3 is 1.89 bits per heavy atom. The number of carboxylic acids is 1. The van der Waals surface area contributed by atoms with Gasteiger partial charge in [-0.1, -0.05) is 161 Å². The van der Waals surface area contributed by atoms with Gasteiger partial charge in [-0.3, -0.25) is 28.1 Å². The highest BCUT2D eigenvalue weighted by molar-refractivity contribution is 8.13. The first-order chi connectivity index (χ1) is 35.9. The number of hydrogen-bond donors (Lipinski definition) is 5. The van der Waals surface area contributed by atoms with Crippen LogP contribution < -0.4 is 41.0 Å². The van der Waals surface area contributed by atoms with E-state index in [4.69, 9.17) is 10.5 Å². The molecule has 0 radical (unpaired) electrons. The number of aliphatic carboxylic acids is 1. The highest BCUT2D eigenvalue weighted by atomic mass is 32.2. The fraction of sp³-hybridized carbons (Fsp3) is 0.804. The number of ether oxygens (including phenoxy) is 1. The second-order valence-corrected chi connectivity index (χ2v) is 24.7. The number of fused-ring (bicyclic) bond motifs is 1. The van der Waals surface area contributed by atoms with Crippen molar-refractivity contribution in [3.8, 4) is 0 Å². The highest BCUT2D eigenvalue weighted by Crippen LogP contribution is 2.56. The van der Waals surface area contributed by atoms with Crippen molar-refractivity contribution in [2.45, 2.75) is 193 Å². The maximum atomic E-state index is 12.7. The monoisotopic (exact) mass is 1160 g/mol. The summed E-state index contributed by atoms with van der Waals surface area (Å²) in [6.45, 7) is 1.99. The number of carbonyl (C=O) groups is 4. The molecule has 3 rings (SSSR count). The van der Waals surface area contributed by atoms with Gasteiger partial charge >= 0.3 is 0 Å². The Morgan fingerprint density at radius 2 is 1.36 bits per heavy atom. The molecule has 1 fully saturated rings. The Balaban J connectivity index is 1.27. The lowest BCUT2D eigenvalue weighted by molar-refractivity contribution is -0.347. The summed E-state index contributed by atoms with van der Waals surface area (Å²) in [7, 11) is -17.7. The Bertz CT molecular complexity index is 2240. The number of nitrogens with zero attached hydrogens (tertiary/aromatic N) is 4. The van der Waals surface area contributed by atoms with Gasteiger partial charge in [-0.15, -0.1) is 0 Å². The zero-order chi connectivity index (χ0) is 56.4. The van der Waals surface area contributed by atoms with Gasteiger partial charge in [0.25, 0.3) is 15.6 Å². The van der Waals surface area contributed by atoms with E-state index in [1.54, 1.807) is 0 Å². The molecule has 6 N–H and O–H groups in total. The summed E-state index contributed by atoms with van der Waals surface area (Å²) >= 11 is 0.765. The zero-order valence-electron chi connectivity index (χ0n) is 43.7. The normalized spacial score (nSPS) is 19.5. The summed E-state index contributed by atoms with van der Waals surface area (Å²) in [5, 5.41) is 37.5. The van der Waals surface area contributed by atoms with Gasteiger partial charge in [0.2, 0.25) is 11.8 Å². The van der Waals surface area contributed by atoms with Crippen LogP contribution in [-0.2, 0) is 55.5 Å². The molecule has 0 saturated carbocycles. The van der Waals surface area contributed by atoms with Crippen molar-refractivity contribution in [2.75, 3.05) is 37.8 Å². The highest BCUT2D eigenvalue weighted by Gasteiger charge is 2.47. The van der Waals surface area contributed by atoms with Crippen LogP contribution in [0.3, 0.4) is 0 Å². The summed E-state index contributed by atoms with van der Waals surface area (Å²) < 4.78 is 60.9. The number of phosphoric acid groups is 3. The maximum absolute atomic E-state index is 12.7. The second-order valence-electron chi connectivity index (χ2n) is 19.5. The van der Waals surface area contributed by atoms with Gasteiger partial charge in [0.05, 0.1) is 39.3 Å². The predicted octanol–water partition coefficient (Wildman–Crippen LogP) is 2.71.